The van der Waals surface area contributed by atoms with E-state index in [-0.39, 0.29) is 18.6 Å². The van der Waals surface area contributed by atoms with Gasteiger partial charge in [0.25, 0.3) is 0 Å². The lowest BCUT2D eigenvalue weighted by atomic mass is 9.84. The minimum atomic E-state index is -0.711. The van der Waals surface area contributed by atoms with E-state index < -0.39 is 11.8 Å². The van der Waals surface area contributed by atoms with Crippen LogP contribution in [0.3, 0.4) is 0 Å². The monoisotopic (exact) mass is 432 g/mol. The number of ether oxygens (including phenoxy) is 2. The first kappa shape index (κ1) is 24.9. The van der Waals surface area contributed by atoms with Crippen molar-refractivity contribution >= 4 is 17.6 Å². The maximum Gasteiger partial charge on any atom is 0.303 e. The van der Waals surface area contributed by atoms with Crippen LogP contribution in [0.4, 0.5) is 0 Å². The van der Waals surface area contributed by atoms with Crippen LogP contribution in [0, 0.1) is 11.8 Å². The molecule has 2 fully saturated rings. The molecule has 0 amide bonds. The summed E-state index contributed by atoms with van der Waals surface area (Å²) >= 11 is 6.02. The highest BCUT2D eigenvalue weighted by Crippen LogP contribution is 2.51. The van der Waals surface area contributed by atoms with E-state index >= 15 is 0 Å². The number of aliphatic hydroxyl groups is 1. The molecule has 0 aromatic heterocycles. The Morgan fingerprint density at radius 3 is 2.62 bits per heavy atom. The van der Waals surface area contributed by atoms with Gasteiger partial charge in [0.05, 0.1) is 24.7 Å². The maximum absolute atomic E-state index is 10.7. The molecule has 1 saturated carbocycles. The zero-order valence-corrected chi connectivity index (χ0v) is 18.9. The van der Waals surface area contributed by atoms with Crippen LogP contribution in [0.15, 0.2) is 0 Å². The largest absolute Gasteiger partial charge is 0.481 e. The minimum absolute atomic E-state index is 0.0203. The van der Waals surface area contributed by atoms with Crippen molar-refractivity contribution in [3.63, 3.8) is 0 Å². The smallest absolute Gasteiger partial charge is 0.303 e. The van der Waals surface area contributed by atoms with Gasteiger partial charge in [-0.25, -0.2) is 0 Å². The van der Waals surface area contributed by atoms with E-state index in [9.17, 15) is 9.90 Å². The number of hydrogen-bond acceptors (Lipinski definition) is 4. The van der Waals surface area contributed by atoms with Crippen molar-refractivity contribution in [1.82, 2.24) is 0 Å². The molecule has 170 valence electrons. The average molecular weight is 433 g/mol. The zero-order chi connectivity index (χ0) is 21.1. The molecule has 0 bridgehead atoms. The van der Waals surface area contributed by atoms with Gasteiger partial charge >= 0.3 is 5.97 Å². The summed E-state index contributed by atoms with van der Waals surface area (Å²) in [4.78, 5) is 10.7. The summed E-state index contributed by atoms with van der Waals surface area (Å²) in [6.45, 7) is 2.76. The predicted molar refractivity (Wildman–Crippen MR) is 115 cm³/mol. The normalized spacial score (nSPS) is 30.2. The number of carbonyl (C=O) groups is 1. The van der Waals surface area contributed by atoms with Crippen molar-refractivity contribution in [3.05, 3.63) is 0 Å². The molecule has 0 aromatic rings. The fourth-order valence-electron chi connectivity index (χ4n) is 5.09. The summed E-state index contributed by atoms with van der Waals surface area (Å²) in [5.74, 6) is 0.127. The van der Waals surface area contributed by atoms with Gasteiger partial charge in [-0.3, -0.25) is 4.79 Å². The van der Waals surface area contributed by atoms with Crippen molar-refractivity contribution in [3.8, 4) is 0 Å². The highest BCUT2D eigenvalue weighted by Gasteiger charge is 2.54. The summed E-state index contributed by atoms with van der Waals surface area (Å²) in [5.41, 5.74) is 0. The maximum atomic E-state index is 10.7. The van der Waals surface area contributed by atoms with Crippen molar-refractivity contribution in [1.29, 1.82) is 0 Å². The van der Waals surface area contributed by atoms with Crippen molar-refractivity contribution in [2.45, 2.75) is 115 Å². The Balaban J connectivity index is 1.83. The second kappa shape index (κ2) is 13.1. The molecule has 2 N–H and O–H groups in total. The molecule has 2 rings (SSSR count). The number of halogens is 1. The number of alkyl halides is 1. The molecule has 1 aliphatic carbocycles. The second-order valence-corrected chi connectivity index (χ2v) is 9.30. The summed E-state index contributed by atoms with van der Waals surface area (Å²) in [7, 11) is 0. The lowest BCUT2D eigenvalue weighted by molar-refractivity contribution is -0.196. The van der Waals surface area contributed by atoms with E-state index in [0.29, 0.717) is 24.3 Å². The highest BCUT2D eigenvalue weighted by atomic mass is 35.5. The number of carboxylic acids is 1. The molecule has 2 unspecified atom stereocenters. The predicted octanol–water partition coefficient (Wildman–Crippen LogP) is 5.51. The first-order valence-electron chi connectivity index (χ1n) is 11.8. The minimum Gasteiger partial charge on any atom is -0.481 e. The van der Waals surface area contributed by atoms with E-state index in [1.54, 1.807) is 0 Å². The number of rotatable bonds is 15. The third-order valence-electron chi connectivity index (χ3n) is 6.72. The first-order chi connectivity index (χ1) is 14.0. The Kier molecular flexibility index (Phi) is 11.3. The molecule has 1 heterocycles. The van der Waals surface area contributed by atoms with Gasteiger partial charge in [-0.05, 0) is 44.4 Å². The third kappa shape index (κ3) is 8.01. The summed E-state index contributed by atoms with van der Waals surface area (Å²) in [6.07, 6.45) is 13.2. The van der Waals surface area contributed by atoms with E-state index in [1.807, 2.05) is 0 Å². The number of aliphatic hydroxyl groups excluding tert-OH is 1. The molecule has 1 spiro atoms. The van der Waals surface area contributed by atoms with Crippen LogP contribution in [0.5, 0.6) is 0 Å². The first-order valence-corrected chi connectivity index (χ1v) is 12.3. The number of unbranched alkanes of at least 4 members (excludes halogenated alkanes) is 5. The van der Waals surface area contributed by atoms with Gasteiger partial charge in [0.15, 0.2) is 5.79 Å². The Bertz CT molecular complexity index is 474. The van der Waals surface area contributed by atoms with Crippen molar-refractivity contribution in [2.75, 3.05) is 12.5 Å². The molecule has 1 aliphatic heterocycles. The van der Waals surface area contributed by atoms with Crippen LogP contribution in [-0.2, 0) is 14.3 Å². The van der Waals surface area contributed by atoms with Crippen molar-refractivity contribution < 1.29 is 24.5 Å². The van der Waals surface area contributed by atoms with E-state index in [4.69, 9.17) is 26.2 Å². The van der Waals surface area contributed by atoms with Crippen molar-refractivity contribution in [2.24, 2.45) is 11.8 Å². The van der Waals surface area contributed by atoms with Gasteiger partial charge in [-0.2, -0.15) is 0 Å². The van der Waals surface area contributed by atoms with Crippen LogP contribution in [0.1, 0.15) is 96.8 Å². The lowest BCUT2D eigenvalue weighted by Crippen LogP contribution is -2.37. The zero-order valence-electron chi connectivity index (χ0n) is 18.1. The second-order valence-electron chi connectivity index (χ2n) is 9.00. The van der Waals surface area contributed by atoms with E-state index in [0.717, 1.165) is 70.6 Å². The van der Waals surface area contributed by atoms with Gasteiger partial charge in [-0.15, -0.1) is 11.6 Å². The fourth-order valence-corrected chi connectivity index (χ4v) is 5.25. The van der Waals surface area contributed by atoms with Crippen LogP contribution < -0.4 is 0 Å². The van der Waals surface area contributed by atoms with Gasteiger partial charge in [0.2, 0.25) is 0 Å². The molecule has 5 atom stereocenters. The molecular weight excluding hydrogens is 392 g/mol. The fraction of sp³-hybridized carbons (Fsp3) is 0.957. The molecule has 0 radical (unpaired) electrons. The van der Waals surface area contributed by atoms with Crippen LogP contribution in [0.25, 0.3) is 0 Å². The molecule has 5 nitrogen and oxygen atoms in total. The summed E-state index contributed by atoms with van der Waals surface area (Å²) in [6, 6.07) is 0. The van der Waals surface area contributed by atoms with Crippen LogP contribution >= 0.6 is 11.6 Å². The average Bonchev–Trinajstić information content (AvgIpc) is 3.27. The summed E-state index contributed by atoms with van der Waals surface area (Å²) in [5, 5.41) is 19.1. The Labute approximate surface area is 181 Å². The van der Waals surface area contributed by atoms with Gasteiger partial charge in [-0.1, -0.05) is 45.4 Å². The third-order valence-corrected chi connectivity index (χ3v) is 7.06. The molecular formula is C23H41ClO5. The lowest BCUT2D eigenvalue weighted by Gasteiger charge is -2.33. The van der Waals surface area contributed by atoms with E-state index in [1.165, 1.54) is 12.8 Å². The Hall–Kier alpha value is -0.360. The number of hydrogen-bond donors (Lipinski definition) is 2. The van der Waals surface area contributed by atoms with Crippen LogP contribution in [0.2, 0.25) is 0 Å². The molecule has 1 saturated heterocycles. The van der Waals surface area contributed by atoms with Crippen LogP contribution in [-0.4, -0.2) is 46.7 Å². The Morgan fingerprint density at radius 2 is 1.93 bits per heavy atom. The Morgan fingerprint density at radius 1 is 1.14 bits per heavy atom. The number of carboxylic acid groups (broad SMARTS) is 1. The highest BCUT2D eigenvalue weighted by molar-refractivity contribution is 6.18. The number of aliphatic carboxylic acids is 1. The molecule has 0 aromatic carbocycles. The standard InChI is InChI=1S/C23H41ClO5/c1-2-3-6-9-19(25)13-12-18-14-15-23(28-17-20(16-24)29-23)21(18)10-7-4-5-8-11-22(26)27/h18-21,25H,2-17H2,1H3,(H,26,27)/t18-,19-,20?,21+,23?/m0/s1. The topological polar surface area (TPSA) is 76.0 Å². The summed E-state index contributed by atoms with van der Waals surface area (Å²) < 4.78 is 12.5. The molecule has 29 heavy (non-hydrogen) atoms. The molecule has 6 heteroatoms. The van der Waals surface area contributed by atoms with Gasteiger partial charge in [0.1, 0.15) is 0 Å². The SMILES string of the molecule is CCCCC[C@H](O)CC[C@H]1CCC2(OCC(CCl)O2)[C@@H]1CCCCCCC(=O)O. The van der Waals surface area contributed by atoms with E-state index in [2.05, 4.69) is 6.92 Å². The van der Waals surface area contributed by atoms with Gasteiger partial charge < -0.3 is 19.7 Å². The molecule has 2 aliphatic rings. The van der Waals surface area contributed by atoms with Gasteiger partial charge in [0, 0.05) is 18.8 Å². The quantitative estimate of drug-likeness (QED) is 0.263.